The number of ether oxygens (including phenoxy) is 1. The third kappa shape index (κ3) is 3.49. The van der Waals surface area contributed by atoms with Gasteiger partial charge in [-0.15, -0.1) is 0 Å². The number of unbranched alkanes of at least 4 members (excludes halogenated alkanes) is 1. The highest BCUT2D eigenvalue weighted by Gasteiger charge is 1.94. The monoisotopic (exact) mass is 189 g/mol. The molecule has 0 spiro atoms. The summed E-state index contributed by atoms with van der Waals surface area (Å²) in [6.07, 6.45) is 2.38. The Morgan fingerprint density at radius 2 is 2.29 bits per heavy atom. The Balaban J connectivity index is 2.39. The molecule has 0 aromatic heterocycles. The number of nitrogens with zero attached hydrogens (tertiary/aromatic N) is 1. The first-order valence-corrected chi connectivity index (χ1v) is 4.95. The van der Waals surface area contributed by atoms with Crippen LogP contribution in [0.4, 0.5) is 0 Å². The molecule has 1 aromatic carbocycles. The lowest BCUT2D eigenvalue weighted by Gasteiger charge is -2.05. The first-order valence-electron chi connectivity index (χ1n) is 4.95. The van der Waals surface area contributed by atoms with Crippen molar-refractivity contribution in [3.05, 3.63) is 29.8 Å². The largest absolute Gasteiger partial charge is 0.494 e. The molecule has 2 nitrogen and oxygen atoms in total. The number of rotatable bonds is 5. The Bertz CT molecular complexity index is 314. The van der Waals surface area contributed by atoms with Crippen LogP contribution in [0.2, 0.25) is 0 Å². The lowest BCUT2D eigenvalue weighted by molar-refractivity contribution is 0.312. The molecular formula is C12H15NO. The van der Waals surface area contributed by atoms with E-state index in [0.717, 1.165) is 18.6 Å². The molecule has 74 valence electrons. The maximum absolute atomic E-state index is 8.34. The van der Waals surface area contributed by atoms with Gasteiger partial charge >= 0.3 is 0 Å². The minimum atomic E-state index is 0.563. The average molecular weight is 189 g/mol. The molecule has 0 heterocycles. The van der Waals surface area contributed by atoms with Crippen molar-refractivity contribution in [3.8, 4) is 11.8 Å². The Morgan fingerprint density at radius 1 is 1.43 bits per heavy atom. The smallest absolute Gasteiger partial charge is 0.119 e. The van der Waals surface area contributed by atoms with Crippen molar-refractivity contribution in [2.45, 2.75) is 26.2 Å². The molecule has 0 unspecified atom stereocenters. The molecule has 0 saturated heterocycles. The van der Waals surface area contributed by atoms with Gasteiger partial charge in [0, 0.05) is 6.42 Å². The lowest BCUT2D eigenvalue weighted by Crippen LogP contribution is -1.96. The van der Waals surface area contributed by atoms with Crippen LogP contribution in [0.15, 0.2) is 24.3 Å². The van der Waals surface area contributed by atoms with E-state index >= 15 is 0 Å². The van der Waals surface area contributed by atoms with Crippen molar-refractivity contribution in [3.63, 3.8) is 0 Å². The molecule has 1 aromatic rings. The minimum Gasteiger partial charge on any atom is -0.494 e. The van der Waals surface area contributed by atoms with Crippen LogP contribution in [0, 0.1) is 11.3 Å². The predicted octanol–water partition coefficient (Wildman–Crippen LogP) is 2.93. The van der Waals surface area contributed by atoms with Gasteiger partial charge in [0.1, 0.15) is 5.75 Å². The van der Waals surface area contributed by atoms with Gasteiger partial charge < -0.3 is 4.74 Å². The Kier molecular flexibility index (Phi) is 4.57. The van der Waals surface area contributed by atoms with Gasteiger partial charge in [-0.1, -0.05) is 19.1 Å². The Morgan fingerprint density at radius 3 is 3.00 bits per heavy atom. The molecule has 0 amide bonds. The second-order valence-electron chi connectivity index (χ2n) is 3.11. The summed E-state index contributed by atoms with van der Waals surface area (Å²) in [6.45, 7) is 2.75. The van der Waals surface area contributed by atoms with Gasteiger partial charge in [0.15, 0.2) is 0 Å². The molecular weight excluding hydrogens is 174 g/mol. The van der Waals surface area contributed by atoms with E-state index in [1.54, 1.807) is 0 Å². The van der Waals surface area contributed by atoms with Gasteiger partial charge in [0.2, 0.25) is 0 Å². The summed E-state index contributed by atoms with van der Waals surface area (Å²) in [5.41, 5.74) is 1.28. The van der Waals surface area contributed by atoms with Crippen LogP contribution >= 0.6 is 0 Å². The summed E-state index contributed by atoms with van der Waals surface area (Å²) in [5, 5.41) is 8.34. The van der Waals surface area contributed by atoms with Crippen LogP contribution in [-0.2, 0) is 6.42 Å². The van der Waals surface area contributed by atoms with Crippen molar-refractivity contribution in [2.24, 2.45) is 0 Å². The highest BCUT2D eigenvalue weighted by molar-refractivity contribution is 5.28. The van der Waals surface area contributed by atoms with E-state index in [2.05, 4.69) is 19.1 Å². The van der Waals surface area contributed by atoms with Crippen LogP contribution in [-0.4, -0.2) is 6.61 Å². The third-order valence-electron chi connectivity index (χ3n) is 2.01. The summed E-state index contributed by atoms with van der Waals surface area (Å²) in [7, 11) is 0. The molecule has 0 aliphatic carbocycles. The zero-order valence-corrected chi connectivity index (χ0v) is 8.49. The fourth-order valence-corrected chi connectivity index (χ4v) is 1.20. The fraction of sp³-hybridized carbons (Fsp3) is 0.417. The number of hydrogen-bond acceptors (Lipinski definition) is 2. The minimum absolute atomic E-state index is 0.563. The van der Waals surface area contributed by atoms with Crippen LogP contribution < -0.4 is 4.74 Å². The van der Waals surface area contributed by atoms with Crippen LogP contribution in [0.5, 0.6) is 5.75 Å². The number of nitriles is 1. The van der Waals surface area contributed by atoms with Gasteiger partial charge in [-0.2, -0.15) is 5.26 Å². The van der Waals surface area contributed by atoms with E-state index in [1.807, 2.05) is 18.2 Å². The average Bonchev–Trinajstić information content (AvgIpc) is 2.25. The molecule has 0 N–H and O–H groups in total. The molecule has 2 heteroatoms. The molecule has 0 bridgehead atoms. The van der Waals surface area contributed by atoms with Crippen molar-refractivity contribution in [2.75, 3.05) is 6.61 Å². The van der Waals surface area contributed by atoms with Gasteiger partial charge in [-0.25, -0.2) is 0 Å². The summed E-state index contributed by atoms with van der Waals surface area (Å²) in [6, 6.07) is 10.2. The third-order valence-corrected chi connectivity index (χ3v) is 2.01. The van der Waals surface area contributed by atoms with E-state index in [4.69, 9.17) is 10.00 Å². The Hall–Kier alpha value is -1.49. The van der Waals surface area contributed by atoms with Crippen molar-refractivity contribution in [1.29, 1.82) is 5.26 Å². The molecule has 0 aliphatic heterocycles. The van der Waals surface area contributed by atoms with Gasteiger partial charge in [0.25, 0.3) is 0 Å². The first-order chi connectivity index (χ1) is 6.86. The normalized spacial score (nSPS) is 9.43. The highest BCUT2D eigenvalue weighted by atomic mass is 16.5. The van der Waals surface area contributed by atoms with Gasteiger partial charge in [0.05, 0.1) is 12.7 Å². The molecule has 0 radical (unpaired) electrons. The van der Waals surface area contributed by atoms with Crippen LogP contribution in [0.1, 0.15) is 25.3 Å². The van der Waals surface area contributed by atoms with Crippen LogP contribution in [0.3, 0.4) is 0 Å². The van der Waals surface area contributed by atoms with E-state index in [1.165, 1.54) is 5.56 Å². The van der Waals surface area contributed by atoms with E-state index in [9.17, 15) is 0 Å². The van der Waals surface area contributed by atoms with E-state index in [-0.39, 0.29) is 0 Å². The molecule has 0 saturated carbocycles. The molecule has 0 aliphatic rings. The maximum atomic E-state index is 8.34. The molecule has 0 fully saturated rings. The second-order valence-corrected chi connectivity index (χ2v) is 3.11. The van der Waals surface area contributed by atoms with Gasteiger partial charge in [-0.3, -0.25) is 0 Å². The number of benzene rings is 1. The maximum Gasteiger partial charge on any atom is 0.119 e. The summed E-state index contributed by atoms with van der Waals surface area (Å²) >= 11 is 0. The number of hydrogen-bond donors (Lipinski definition) is 0. The van der Waals surface area contributed by atoms with E-state index < -0.39 is 0 Å². The molecule has 0 atom stereocenters. The topological polar surface area (TPSA) is 33.0 Å². The Labute approximate surface area is 85.1 Å². The van der Waals surface area contributed by atoms with Crippen LogP contribution in [0.25, 0.3) is 0 Å². The zero-order valence-electron chi connectivity index (χ0n) is 8.49. The fourth-order valence-electron chi connectivity index (χ4n) is 1.20. The SMILES string of the molecule is CCc1cccc(OCCCC#N)c1. The van der Waals surface area contributed by atoms with Crippen molar-refractivity contribution < 1.29 is 4.74 Å². The van der Waals surface area contributed by atoms with E-state index in [0.29, 0.717) is 13.0 Å². The first kappa shape index (κ1) is 10.6. The predicted molar refractivity (Wildman–Crippen MR) is 56.2 cm³/mol. The summed E-state index contributed by atoms with van der Waals surface area (Å²) < 4.78 is 5.50. The van der Waals surface area contributed by atoms with Crippen molar-refractivity contribution >= 4 is 0 Å². The number of aryl methyl sites for hydroxylation is 1. The lowest BCUT2D eigenvalue weighted by atomic mass is 10.2. The summed E-state index contributed by atoms with van der Waals surface area (Å²) in [4.78, 5) is 0. The zero-order chi connectivity index (χ0) is 10.2. The second kappa shape index (κ2) is 6.04. The highest BCUT2D eigenvalue weighted by Crippen LogP contribution is 2.13. The molecule has 14 heavy (non-hydrogen) atoms. The van der Waals surface area contributed by atoms with Gasteiger partial charge in [-0.05, 0) is 30.5 Å². The van der Waals surface area contributed by atoms with Crippen molar-refractivity contribution in [1.82, 2.24) is 0 Å². The molecule has 1 rings (SSSR count). The summed E-state index contributed by atoms with van der Waals surface area (Å²) in [5.74, 6) is 0.905. The quantitative estimate of drug-likeness (QED) is 0.667. The standard InChI is InChI=1S/C12H15NO/c1-2-11-6-5-7-12(10-11)14-9-4-3-8-13/h5-7,10H,2-4,9H2,1H3.